The van der Waals surface area contributed by atoms with E-state index in [9.17, 15) is 4.79 Å². The Hall–Kier alpha value is -2.92. The first kappa shape index (κ1) is 18.4. The van der Waals surface area contributed by atoms with Crippen molar-refractivity contribution in [3.63, 3.8) is 0 Å². The van der Waals surface area contributed by atoms with Gasteiger partial charge in [-0.25, -0.2) is 4.98 Å². The quantitative estimate of drug-likeness (QED) is 0.426. The second-order valence-electron chi connectivity index (χ2n) is 6.92. The minimum atomic E-state index is 0.0506. The maximum Gasteiger partial charge on any atom is 0.229 e. The Labute approximate surface area is 168 Å². The van der Waals surface area contributed by atoms with E-state index >= 15 is 0 Å². The van der Waals surface area contributed by atoms with E-state index in [1.165, 1.54) is 5.56 Å². The fourth-order valence-corrected chi connectivity index (χ4v) is 4.34. The van der Waals surface area contributed by atoms with Gasteiger partial charge in [0.05, 0.1) is 23.0 Å². The first-order valence-electron chi connectivity index (χ1n) is 9.35. The molecule has 0 radical (unpaired) electrons. The summed E-state index contributed by atoms with van der Waals surface area (Å²) in [5.74, 6) is 0.801. The van der Waals surface area contributed by atoms with Crippen LogP contribution in [0.4, 0.5) is 5.13 Å². The van der Waals surface area contributed by atoms with Crippen LogP contribution in [0.5, 0.6) is 0 Å². The predicted molar refractivity (Wildman–Crippen MR) is 114 cm³/mol. The molecule has 2 aromatic carbocycles. The molecule has 0 aliphatic rings. The van der Waals surface area contributed by atoms with Crippen LogP contribution in [0.25, 0.3) is 10.2 Å². The zero-order chi connectivity index (χ0) is 19.5. The van der Waals surface area contributed by atoms with E-state index < -0.39 is 0 Å². The summed E-state index contributed by atoms with van der Waals surface area (Å²) in [6, 6.07) is 18.0. The zero-order valence-electron chi connectivity index (χ0n) is 16.0. The zero-order valence-corrected chi connectivity index (χ0v) is 16.8. The normalized spacial score (nSPS) is 11.1. The van der Waals surface area contributed by atoms with E-state index in [-0.39, 0.29) is 5.91 Å². The van der Waals surface area contributed by atoms with Crippen molar-refractivity contribution in [3.8, 4) is 0 Å². The van der Waals surface area contributed by atoms with Crippen LogP contribution in [-0.4, -0.2) is 10.9 Å². The summed E-state index contributed by atoms with van der Waals surface area (Å²) in [5.41, 5.74) is 4.43. The van der Waals surface area contributed by atoms with Crippen LogP contribution in [0.2, 0.25) is 0 Å². The van der Waals surface area contributed by atoms with Crippen molar-refractivity contribution in [2.75, 3.05) is 4.90 Å². The number of anilines is 1. The third kappa shape index (κ3) is 3.85. The number of furan rings is 1. The van der Waals surface area contributed by atoms with Gasteiger partial charge in [-0.05, 0) is 49.1 Å². The molecule has 0 aliphatic carbocycles. The number of aromatic nitrogens is 1. The molecule has 5 heteroatoms. The molecular formula is C23H22N2O2S. The smallest absolute Gasteiger partial charge is 0.229 e. The molecule has 0 N–H and O–H groups in total. The van der Waals surface area contributed by atoms with Crippen LogP contribution in [0, 0.1) is 13.8 Å². The highest BCUT2D eigenvalue weighted by Gasteiger charge is 2.22. The van der Waals surface area contributed by atoms with Gasteiger partial charge in [-0.1, -0.05) is 53.8 Å². The summed E-state index contributed by atoms with van der Waals surface area (Å²) < 4.78 is 6.64. The van der Waals surface area contributed by atoms with Gasteiger partial charge in [-0.3, -0.25) is 9.69 Å². The molecular weight excluding hydrogens is 368 g/mol. The maximum absolute atomic E-state index is 13.1. The van der Waals surface area contributed by atoms with Gasteiger partial charge in [0, 0.05) is 6.42 Å². The number of carbonyl (C=O) groups is 1. The highest BCUT2D eigenvalue weighted by atomic mass is 32.1. The molecule has 0 unspecified atom stereocenters. The molecule has 28 heavy (non-hydrogen) atoms. The summed E-state index contributed by atoms with van der Waals surface area (Å²) in [5, 5.41) is 0.724. The van der Waals surface area contributed by atoms with Gasteiger partial charge in [0.15, 0.2) is 5.13 Å². The fourth-order valence-electron chi connectivity index (χ4n) is 3.22. The van der Waals surface area contributed by atoms with Crippen LogP contribution in [0.15, 0.2) is 65.3 Å². The van der Waals surface area contributed by atoms with Crippen molar-refractivity contribution in [2.24, 2.45) is 0 Å². The number of rotatable bonds is 6. The van der Waals surface area contributed by atoms with Gasteiger partial charge < -0.3 is 4.42 Å². The monoisotopic (exact) mass is 390 g/mol. The Balaban J connectivity index is 1.64. The Kier molecular flexibility index (Phi) is 5.26. The molecule has 0 saturated heterocycles. The molecule has 4 rings (SSSR count). The molecule has 0 atom stereocenters. The molecule has 2 heterocycles. The Bertz CT molecular complexity index is 1050. The molecule has 1 amide bonds. The summed E-state index contributed by atoms with van der Waals surface area (Å²) in [7, 11) is 0. The first-order valence-corrected chi connectivity index (χ1v) is 10.2. The minimum Gasteiger partial charge on any atom is -0.467 e. The van der Waals surface area contributed by atoms with Crippen LogP contribution >= 0.6 is 11.3 Å². The van der Waals surface area contributed by atoms with Crippen LogP contribution in [-0.2, 0) is 17.8 Å². The molecule has 0 spiro atoms. The van der Waals surface area contributed by atoms with Gasteiger partial charge in [-0.2, -0.15) is 0 Å². The third-order valence-corrected chi connectivity index (χ3v) is 6.04. The SMILES string of the molecule is Cc1ccc(C)c2sc(N(Cc3ccco3)C(=O)CCc3ccccc3)nc12. The number of hydrogen-bond donors (Lipinski definition) is 0. The number of fused-ring (bicyclic) bond motifs is 1. The maximum atomic E-state index is 13.1. The van der Waals surface area contributed by atoms with E-state index in [0.717, 1.165) is 32.2 Å². The van der Waals surface area contributed by atoms with E-state index in [0.29, 0.717) is 19.4 Å². The number of hydrogen-bond acceptors (Lipinski definition) is 4. The highest BCUT2D eigenvalue weighted by molar-refractivity contribution is 7.22. The number of carbonyl (C=O) groups excluding carboxylic acids is 1. The lowest BCUT2D eigenvalue weighted by molar-refractivity contribution is -0.118. The van der Waals surface area contributed by atoms with Crippen molar-refractivity contribution < 1.29 is 9.21 Å². The van der Waals surface area contributed by atoms with E-state index in [4.69, 9.17) is 9.40 Å². The summed E-state index contributed by atoms with van der Waals surface area (Å²) >= 11 is 1.57. The molecule has 4 nitrogen and oxygen atoms in total. The van der Waals surface area contributed by atoms with Gasteiger partial charge >= 0.3 is 0 Å². The Morgan fingerprint density at radius 1 is 1.04 bits per heavy atom. The number of thiazole rings is 1. The van der Waals surface area contributed by atoms with Crippen molar-refractivity contribution in [3.05, 3.63) is 83.3 Å². The number of aryl methyl sites for hydroxylation is 3. The lowest BCUT2D eigenvalue weighted by atomic mass is 10.1. The van der Waals surface area contributed by atoms with E-state index in [2.05, 4.69) is 38.1 Å². The van der Waals surface area contributed by atoms with Gasteiger partial charge in [0.2, 0.25) is 5.91 Å². The molecule has 142 valence electrons. The summed E-state index contributed by atoms with van der Waals surface area (Å²) in [6.45, 7) is 4.52. The Morgan fingerprint density at radius 2 is 1.82 bits per heavy atom. The standard InChI is InChI=1S/C23H22N2O2S/c1-16-10-11-17(2)22-21(16)24-23(28-22)25(15-19-9-6-14-27-19)20(26)13-12-18-7-4-3-5-8-18/h3-11,14H,12-13,15H2,1-2H3. The molecule has 0 fully saturated rings. The summed E-state index contributed by atoms with van der Waals surface area (Å²) in [4.78, 5) is 19.7. The van der Waals surface area contributed by atoms with Gasteiger partial charge in [-0.15, -0.1) is 0 Å². The topological polar surface area (TPSA) is 46.3 Å². The van der Waals surface area contributed by atoms with Crippen LogP contribution in [0.1, 0.15) is 28.9 Å². The minimum absolute atomic E-state index is 0.0506. The molecule has 0 saturated carbocycles. The molecule has 4 aromatic rings. The summed E-state index contributed by atoms with van der Waals surface area (Å²) in [6.07, 6.45) is 2.77. The van der Waals surface area contributed by atoms with Gasteiger partial charge in [0.1, 0.15) is 5.76 Å². The number of amides is 1. The number of nitrogens with zero attached hydrogens (tertiary/aromatic N) is 2. The number of benzene rings is 2. The van der Waals surface area contributed by atoms with Crippen molar-refractivity contribution in [1.82, 2.24) is 4.98 Å². The second kappa shape index (κ2) is 7.98. The third-order valence-electron chi connectivity index (χ3n) is 4.83. The van der Waals surface area contributed by atoms with Crippen molar-refractivity contribution in [1.29, 1.82) is 0 Å². The fraction of sp³-hybridized carbons (Fsp3) is 0.217. The lowest BCUT2D eigenvalue weighted by Crippen LogP contribution is -2.30. The van der Waals surface area contributed by atoms with Crippen LogP contribution < -0.4 is 4.90 Å². The second-order valence-corrected chi connectivity index (χ2v) is 7.90. The molecule has 0 aliphatic heterocycles. The van der Waals surface area contributed by atoms with Gasteiger partial charge in [0.25, 0.3) is 0 Å². The van der Waals surface area contributed by atoms with E-state index in [1.807, 2.05) is 30.3 Å². The lowest BCUT2D eigenvalue weighted by Gasteiger charge is -2.18. The highest BCUT2D eigenvalue weighted by Crippen LogP contribution is 2.34. The van der Waals surface area contributed by atoms with Crippen molar-refractivity contribution >= 4 is 32.6 Å². The average Bonchev–Trinajstić information content (AvgIpc) is 3.38. The van der Waals surface area contributed by atoms with Crippen LogP contribution in [0.3, 0.4) is 0 Å². The predicted octanol–water partition coefficient (Wildman–Crippen LogP) is 5.67. The van der Waals surface area contributed by atoms with E-state index in [1.54, 1.807) is 22.5 Å². The largest absolute Gasteiger partial charge is 0.467 e. The molecule has 0 bridgehead atoms. The Morgan fingerprint density at radius 3 is 2.54 bits per heavy atom. The molecule has 2 aromatic heterocycles. The first-order chi connectivity index (χ1) is 13.6. The average molecular weight is 391 g/mol. The van der Waals surface area contributed by atoms with Crippen molar-refractivity contribution in [2.45, 2.75) is 33.2 Å².